The van der Waals surface area contributed by atoms with Crippen LogP contribution in [-0.4, -0.2) is 0 Å². The van der Waals surface area contributed by atoms with Crippen LogP contribution in [0.4, 0.5) is 0 Å². The zero-order chi connectivity index (χ0) is 10.3. The van der Waals surface area contributed by atoms with E-state index >= 15 is 0 Å². The summed E-state index contributed by atoms with van der Waals surface area (Å²) >= 11 is 3.45. The minimum atomic E-state index is 0.120. The number of halogens is 1. The second-order valence-electron chi connectivity index (χ2n) is 4.58. The molecule has 3 N–H and O–H groups in total. The summed E-state index contributed by atoms with van der Waals surface area (Å²) in [5, 5.41) is 0. The highest BCUT2D eigenvalue weighted by atomic mass is 79.9. The Hall–Kier alpha value is -0.320. The van der Waals surface area contributed by atoms with Crippen LogP contribution in [-0.2, 0) is 0 Å². The van der Waals surface area contributed by atoms with Gasteiger partial charge in [0.25, 0.3) is 0 Å². The first-order chi connectivity index (χ1) is 6.56. The molecule has 1 aliphatic carbocycles. The fraction of sp³-hybridized carbons (Fsp3) is 0.600. The lowest BCUT2D eigenvalue weighted by atomic mass is 10.0. The highest BCUT2D eigenvalue weighted by molar-refractivity contribution is 9.10. The van der Waals surface area contributed by atoms with Crippen LogP contribution in [0.25, 0.3) is 0 Å². The maximum Gasteiger partial charge on any atom is 0.136 e. The lowest BCUT2D eigenvalue weighted by Gasteiger charge is -2.15. The third-order valence-electron chi connectivity index (χ3n) is 3.10. The summed E-state index contributed by atoms with van der Waals surface area (Å²) in [6.07, 6.45) is 2.87. The van der Waals surface area contributed by atoms with E-state index in [9.17, 15) is 0 Å². The van der Waals surface area contributed by atoms with Gasteiger partial charge in [-0.25, -0.2) is 5.43 Å². The van der Waals surface area contributed by atoms with Crippen molar-refractivity contribution in [2.75, 3.05) is 0 Å². The van der Waals surface area contributed by atoms with E-state index < -0.39 is 0 Å². The van der Waals surface area contributed by atoms with E-state index in [-0.39, 0.29) is 6.04 Å². The van der Waals surface area contributed by atoms with E-state index in [1.807, 2.05) is 6.07 Å². The van der Waals surface area contributed by atoms with E-state index in [2.05, 4.69) is 35.2 Å². The molecule has 3 nitrogen and oxygen atoms in total. The van der Waals surface area contributed by atoms with Crippen molar-refractivity contribution in [1.82, 2.24) is 5.43 Å². The van der Waals surface area contributed by atoms with Crippen molar-refractivity contribution >= 4 is 15.9 Å². The Labute approximate surface area is 92.1 Å². The molecule has 0 aliphatic heterocycles. The maximum atomic E-state index is 5.56. The molecule has 2 rings (SSSR count). The van der Waals surface area contributed by atoms with Gasteiger partial charge in [-0.2, -0.15) is 0 Å². The van der Waals surface area contributed by atoms with Crippen LogP contribution in [0, 0.1) is 11.3 Å². The van der Waals surface area contributed by atoms with Gasteiger partial charge in [0.15, 0.2) is 0 Å². The molecule has 0 aromatic carbocycles. The molecule has 1 fully saturated rings. The van der Waals surface area contributed by atoms with Crippen molar-refractivity contribution in [3.8, 4) is 0 Å². The molecule has 0 spiro atoms. The molecule has 1 aliphatic rings. The summed E-state index contributed by atoms with van der Waals surface area (Å²) in [6.45, 7) is 4.50. The zero-order valence-corrected chi connectivity index (χ0v) is 9.97. The van der Waals surface area contributed by atoms with Gasteiger partial charge < -0.3 is 4.42 Å². The Balaban J connectivity index is 2.20. The van der Waals surface area contributed by atoms with Gasteiger partial charge in [0, 0.05) is 0 Å². The van der Waals surface area contributed by atoms with Crippen LogP contribution < -0.4 is 11.3 Å². The van der Waals surface area contributed by atoms with Gasteiger partial charge in [-0.3, -0.25) is 5.84 Å². The van der Waals surface area contributed by atoms with Crippen molar-refractivity contribution in [3.63, 3.8) is 0 Å². The molecule has 1 heterocycles. The standard InChI is InChI=1S/C10H15BrN2O/c1-10(2)5-6(10)8(13-12)9-7(11)3-4-14-9/h3-4,6,8,13H,5,12H2,1-2H3. The first-order valence-electron chi connectivity index (χ1n) is 4.75. The smallest absolute Gasteiger partial charge is 0.136 e. The van der Waals surface area contributed by atoms with Crippen LogP contribution >= 0.6 is 15.9 Å². The highest BCUT2D eigenvalue weighted by Crippen LogP contribution is 2.58. The average molecular weight is 259 g/mol. The van der Waals surface area contributed by atoms with Gasteiger partial charge in [-0.15, -0.1) is 0 Å². The normalized spacial score (nSPS) is 26.1. The minimum absolute atomic E-state index is 0.120. The number of hydrogen-bond acceptors (Lipinski definition) is 3. The SMILES string of the molecule is CC1(C)CC1C(NN)c1occc1Br. The monoisotopic (exact) mass is 258 g/mol. The Morgan fingerprint density at radius 1 is 1.71 bits per heavy atom. The summed E-state index contributed by atoms with van der Waals surface area (Å²) in [5.41, 5.74) is 3.22. The zero-order valence-electron chi connectivity index (χ0n) is 8.38. The van der Waals surface area contributed by atoms with Gasteiger partial charge in [0.05, 0.1) is 16.8 Å². The lowest BCUT2D eigenvalue weighted by molar-refractivity contribution is 0.352. The number of hydrazine groups is 1. The summed E-state index contributed by atoms with van der Waals surface area (Å²) in [6, 6.07) is 2.02. The summed E-state index contributed by atoms with van der Waals surface area (Å²) in [7, 11) is 0. The van der Waals surface area contributed by atoms with Crippen LogP contribution in [0.5, 0.6) is 0 Å². The largest absolute Gasteiger partial charge is 0.466 e. The van der Waals surface area contributed by atoms with Crippen molar-refractivity contribution in [2.45, 2.75) is 26.3 Å². The van der Waals surface area contributed by atoms with Crippen molar-refractivity contribution in [3.05, 3.63) is 22.6 Å². The molecule has 0 saturated heterocycles. The van der Waals surface area contributed by atoms with Crippen molar-refractivity contribution in [2.24, 2.45) is 17.2 Å². The number of furan rings is 1. The summed E-state index contributed by atoms with van der Waals surface area (Å²) in [4.78, 5) is 0. The molecule has 1 aromatic heterocycles. The summed E-state index contributed by atoms with van der Waals surface area (Å²) in [5.74, 6) is 7.03. The maximum absolute atomic E-state index is 5.56. The van der Waals surface area contributed by atoms with Gasteiger partial charge in [0.2, 0.25) is 0 Å². The number of nitrogens with one attached hydrogen (secondary N) is 1. The van der Waals surface area contributed by atoms with E-state index in [4.69, 9.17) is 10.3 Å². The lowest BCUT2D eigenvalue weighted by Crippen LogP contribution is -2.30. The topological polar surface area (TPSA) is 51.2 Å². The Morgan fingerprint density at radius 3 is 2.71 bits per heavy atom. The molecule has 1 aromatic rings. The van der Waals surface area contributed by atoms with Gasteiger partial charge in [-0.1, -0.05) is 13.8 Å². The first kappa shape index (κ1) is 10.2. The number of rotatable bonds is 3. The molecule has 78 valence electrons. The molecule has 0 radical (unpaired) electrons. The Kier molecular flexibility index (Phi) is 2.45. The fourth-order valence-electron chi connectivity index (χ4n) is 1.98. The fourth-order valence-corrected chi connectivity index (χ4v) is 2.43. The van der Waals surface area contributed by atoms with Crippen LogP contribution in [0.1, 0.15) is 32.1 Å². The Bertz CT molecular complexity index is 335. The molecular weight excluding hydrogens is 244 g/mol. The molecule has 4 heteroatoms. The molecule has 0 bridgehead atoms. The molecule has 1 saturated carbocycles. The van der Waals surface area contributed by atoms with E-state index in [0.717, 1.165) is 10.2 Å². The Morgan fingerprint density at radius 2 is 2.36 bits per heavy atom. The van der Waals surface area contributed by atoms with Crippen LogP contribution in [0.2, 0.25) is 0 Å². The van der Waals surface area contributed by atoms with Crippen LogP contribution in [0.3, 0.4) is 0 Å². The third-order valence-corrected chi connectivity index (χ3v) is 3.75. The second kappa shape index (κ2) is 3.36. The average Bonchev–Trinajstić information content (AvgIpc) is 2.55. The molecule has 2 unspecified atom stereocenters. The highest BCUT2D eigenvalue weighted by Gasteiger charge is 2.51. The van der Waals surface area contributed by atoms with Crippen molar-refractivity contribution in [1.29, 1.82) is 0 Å². The molecule has 2 atom stereocenters. The van der Waals surface area contributed by atoms with Crippen LogP contribution in [0.15, 0.2) is 21.2 Å². The van der Waals surface area contributed by atoms with Gasteiger partial charge >= 0.3 is 0 Å². The quantitative estimate of drug-likeness (QED) is 0.648. The summed E-state index contributed by atoms with van der Waals surface area (Å²) < 4.78 is 6.41. The van der Waals surface area contributed by atoms with E-state index in [0.29, 0.717) is 11.3 Å². The van der Waals surface area contributed by atoms with E-state index in [1.54, 1.807) is 6.26 Å². The number of hydrogen-bond donors (Lipinski definition) is 2. The first-order valence-corrected chi connectivity index (χ1v) is 5.54. The molecule has 0 amide bonds. The second-order valence-corrected chi connectivity index (χ2v) is 5.43. The predicted molar refractivity (Wildman–Crippen MR) is 58.4 cm³/mol. The predicted octanol–water partition coefficient (Wildman–Crippen LogP) is 2.59. The minimum Gasteiger partial charge on any atom is -0.466 e. The van der Waals surface area contributed by atoms with Gasteiger partial charge in [-0.05, 0) is 39.8 Å². The van der Waals surface area contributed by atoms with E-state index in [1.165, 1.54) is 6.42 Å². The van der Waals surface area contributed by atoms with Gasteiger partial charge in [0.1, 0.15) is 5.76 Å². The molecule has 14 heavy (non-hydrogen) atoms. The number of nitrogens with two attached hydrogens (primary N) is 1. The third kappa shape index (κ3) is 1.62. The molecular formula is C10H15BrN2O. The van der Waals surface area contributed by atoms with Crippen molar-refractivity contribution < 1.29 is 4.42 Å².